The van der Waals surface area contributed by atoms with Crippen molar-refractivity contribution in [3.63, 3.8) is 0 Å². The van der Waals surface area contributed by atoms with Crippen LogP contribution in [0.3, 0.4) is 0 Å². The lowest BCUT2D eigenvalue weighted by molar-refractivity contribution is -0.120. The Balaban J connectivity index is 2.18. The molecule has 0 spiro atoms. The van der Waals surface area contributed by atoms with Crippen molar-refractivity contribution in [1.82, 2.24) is 20.0 Å². The van der Waals surface area contributed by atoms with Crippen LogP contribution in [0.2, 0.25) is 0 Å². The Kier molecular flexibility index (Phi) is 11.4. The van der Waals surface area contributed by atoms with Gasteiger partial charge in [-0.3, -0.25) is 9.69 Å². The Bertz CT molecular complexity index is 457. The van der Waals surface area contributed by atoms with Gasteiger partial charge in [0.15, 0.2) is 0 Å². The highest BCUT2D eigenvalue weighted by molar-refractivity contribution is 5.77. The minimum atomic E-state index is -0.537. The van der Waals surface area contributed by atoms with Crippen LogP contribution in [-0.2, 0) is 4.79 Å². The second-order valence-electron chi connectivity index (χ2n) is 7.41. The van der Waals surface area contributed by atoms with E-state index in [2.05, 4.69) is 40.1 Å². The summed E-state index contributed by atoms with van der Waals surface area (Å²) >= 11 is 0. The summed E-state index contributed by atoms with van der Waals surface area (Å²) in [6.45, 7) is 11.2. The van der Waals surface area contributed by atoms with Crippen LogP contribution in [0.5, 0.6) is 0 Å². The molecule has 0 aromatic carbocycles. The van der Waals surface area contributed by atoms with E-state index in [1.807, 2.05) is 26.1 Å². The summed E-state index contributed by atoms with van der Waals surface area (Å²) in [7, 11) is 4.14. The summed E-state index contributed by atoms with van der Waals surface area (Å²) in [5.74, 6) is -0.0293. The van der Waals surface area contributed by atoms with E-state index in [4.69, 9.17) is 0 Å². The van der Waals surface area contributed by atoms with Gasteiger partial charge in [0, 0.05) is 58.8 Å². The van der Waals surface area contributed by atoms with Gasteiger partial charge < -0.3 is 20.2 Å². The standard InChI is InChI=1S/C20H38N4O2/c1-5-6-7-10-23(4)17-19(25)15-21-20(26)9-8-18(2)16-24-13-11-22(3)12-14-24/h5-6,8,19,25H,7,9-17H2,1-4H3,(H,21,26)/b6-5-,18-8+. The molecule has 6 nitrogen and oxygen atoms in total. The first-order chi connectivity index (χ1) is 12.4. The van der Waals surface area contributed by atoms with Crippen LogP contribution in [-0.4, -0.2) is 98.3 Å². The van der Waals surface area contributed by atoms with Crippen LogP contribution >= 0.6 is 0 Å². The molecule has 1 atom stereocenters. The fraction of sp³-hybridized carbons (Fsp3) is 0.750. The average Bonchev–Trinajstić information content (AvgIpc) is 2.60. The molecule has 0 radical (unpaired) electrons. The largest absolute Gasteiger partial charge is 0.390 e. The summed E-state index contributed by atoms with van der Waals surface area (Å²) in [5.41, 5.74) is 1.23. The third kappa shape index (κ3) is 10.7. The Morgan fingerprint density at radius 3 is 2.65 bits per heavy atom. The maximum Gasteiger partial charge on any atom is 0.223 e. The van der Waals surface area contributed by atoms with Crippen molar-refractivity contribution in [2.75, 3.05) is 66.5 Å². The van der Waals surface area contributed by atoms with Crippen molar-refractivity contribution in [2.45, 2.75) is 32.8 Å². The Hall–Kier alpha value is -1.21. The molecular weight excluding hydrogens is 328 g/mol. The Labute approximate surface area is 159 Å². The topological polar surface area (TPSA) is 59.1 Å². The van der Waals surface area contributed by atoms with Gasteiger partial charge in [-0.2, -0.15) is 0 Å². The van der Waals surface area contributed by atoms with E-state index in [0.29, 0.717) is 19.5 Å². The van der Waals surface area contributed by atoms with Crippen LogP contribution in [0.1, 0.15) is 26.7 Å². The van der Waals surface area contributed by atoms with Gasteiger partial charge in [-0.05, 0) is 34.4 Å². The van der Waals surface area contributed by atoms with Crippen LogP contribution in [0.4, 0.5) is 0 Å². The third-order valence-corrected chi connectivity index (χ3v) is 4.68. The smallest absolute Gasteiger partial charge is 0.223 e. The molecule has 1 rings (SSSR count). The molecular formula is C20H38N4O2. The second kappa shape index (κ2) is 13.0. The van der Waals surface area contributed by atoms with E-state index in [9.17, 15) is 9.90 Å². The maximum atomic E-state index is 12.0. The van der Waals surface area contributed by atoms with Gasteiger partial charge in [0.2, 0.25) is 5.91 Å². The normalized spacial score (nSPS) is 18.6. The number of rotatable bonds is 11. The molecule has 1 fully saturated rings. The Morgan fingerprint density at radius 1 is 1.31 bits per heavy atom. The van der Waals surface area contributed by atoms with E-state index in [1.54, 1.807) is 0 Å². The predicted octanol–water partition coefficient (Wildman–Crippen LogP) is 0.945. The number of aliphatic hydroxyl groups excluding tert-OH is 1. The quantitative estimate of drug-likeness (QED) is 0.533. The summed E-state index contributed by atoms with van der Waals surface area (Å²) < 4.78 is 0. The minimum Gasteiger partial charge on any atom is -0.390 e. The van der Waals surface area contributed by atoms with Crippen molar-refractivity contribution >= 4 is 5.91 Å². The zero-order valence-corrected chi connectivity index (χ0v) is 17.1. The van der Waals surface area contributed by atoms with Crippen LogP contribution in [0, 0.1) is 0 Å². The van der Waals surface area contributed by atoms with Crippen molar-refractivity contribution in [3.05, 3.63) is 23.8 Å². The van der Waals surface area contributed by atoms with E-state index in [-0.39, 0.29) is 5.91 Å². The van der Waals surface area contributed by atoms with Gasteiger partial charge in [-0.25, -0.2) is 0 Å². The SMILES string of the molecule is C/C=C\CCN(C)CC(O)CNC(=O)C/C=C(\C)CN1CCN(C)CC1. The first-order valence-electron chi connectivity index (χ1n) is 9.71. The van der Waals surface area contributed by atoms with E-state index >= 15 is 0 Å². The highest BCUT2D eigenvalue weighted by Gasteiger charge is 2.14. The molecule has 1 amide bonds. The molecule has 26 heavy (non-hydrogen) atoms. The number of piperazine rings is 1. The summed E-state index contributed by atoms with van der Waals surface area (Å²) in [6, 6.07) is 0. The van der Waals surface area contributed by atoms with Gasteiger partial charge in [-0.15, -0.1) is 0 Å². The summed E-state index contributed by atoms with van der Waals surface area (Å²) in [4.78, 5) is 18.8. The van der Waals surface area contributed by atoms with Crippen molar-refractivity contribution in [3.8, 4) is 0 Å². The van der Waals surface area contributed by atoms with Crippen LogP contribution in [0.25, 0.3) is 0 Å². The minimum absolute atomic E-state index is 0.0293. The molecule has 1 saturated heterocycles. The molecule has 1 heterocycles. The molecule has 1 unspecified atom stereocenters. The molecule has 6 heteroatoms. The van der Waals surface area contributed by atoms with E-state index < -0.39 is 6.10 Å². The molecule has 0 bridgehead atoms. The summed E-state index contributed by atoms with van der Waals surface area (Å²) in [6.07, 6.45) is 6.96. The lowest BCUT2D eigenvalue weighted by atomic mass is 10.2. The lowest BCUT2D eigenvalue weighted by Crippen LogP contribution is -2.44. The van der Waals surface area contributed by atoms with Crippen LogP contribution < -0.4 is 5.32 Å². The first-order valence-corrected chi connectivity index (χ1v) is 9.71. The Morgan fingerprint density at radius 2 is 2.00 bits per heavy atom. The van der Waals surface area contributed by atoms with Gasteiger partial charge in [0.1, 0.15) is 0 Å². The lowest BCUT2D eigenvalue weighted by Gasteiger charge is -2.32. The second-order valence-corrected chi connectivity index (χ2v) is 7.41. The molecule has 0 aromatic rings. The van der Waals surface area contributed by atoms with Crippen molar-refractivity contribution in [1.29, 1.82) is 0 Å². The van der Waals surface area contributed by atoms with Gasteiger partial charge in [0.05, 0.1) is 6.10 Å². The third-order valence-electron chi connectivity index (χ3n) is 4.68. The number of aliphatic hydroxyl groups is 1. The number of carbonyl (C=O) groups is 1. The van der Waals surface area contributed by atoms with Crippen molar-refractivity contribution < 1.29 is 9.90 Å². The zero-order valence-electron chi connectivity index (χ0n) is 17.1. The van der Waals surface area contributed by atoms with Crippen molar-refractivity contribution in [2.24, 2.45) is 0 Å². The first kappa shape index (κ1) is 22.8. The fourth-order valence-corrected chi connectivity index (χ4v) is 2.97. The molecule has 0 aliphatic carbocycles. The predicted molar refractivity (Wildman–Crippen MR) is 108 cm³/mol. The average molecular weight is 367 g/mol. The highest BCUT2D eigenvalue weighted by Crippen LogP contribution is 2.04. The zero-order chi connectivity index (χ0) is 19.4. The number of allylic oxidation sites excluding steroid dienone is 1. The number of nitrogens with one attached hydrogen (secondary N) is 1. The molecule has 0 saturated carbocycles. The molecule has 1 aliphatic rings. The molecule has 150 valence electrons. The highest BCUT2D eigenvalue weighted by atomic mass is 16.3. The number of amides is 1. The molecule has 2 N–H and O–H groups in total. The van der Waals surface area contributed by atoms with Gasteiger partial charge in [0.25, 0.3) is 0 Å². The van der Waals surface area contributed by atoms with Gasteiger partial charge >= 0.3 is 0 Å². The maximum absolute atomic E-state index is 12.0. The van der Waals surface area contributed by atoms with Crippen LogP contribution in [0.15, 0.2) is 23.8 Å². The van der Waals surface area contributed by atoms with Gasteiger partial charge in [-0.1, -0.05) is 23.8 Å². The number of hydrogen-bond acceptors (Lipinski definition) is 5. The van der Waals surface area contributed by atoms with E-state index in [1.165, 1.54) is 5.57 Å². The fourth-order valence-electron chi connectivity index (χ4n) is 2.97. The number of hydrogen-bond donors (Lipinski definition) is 2. The number of carbonyl (C=O) groups excluding carboxylic acids is 1. The molecule has 0 aromatic heterocycles. The summed E-state index contributed by atoms with van der Waals surface area (Å²) in [5, 5.41) is 12.9. The monoisotopic (exact) mass is 366 g/mol. The number of nitrogens with zero attached hydrogens (tertiary/aromatic N) is 3. The number of likely N-dealkylation sites (N-methyl/N-ethyl adjacent to an activating group) is 2. The van der Waals surface area contributed by atoms with E-state index in [0.717, 1.165) is 45.7 Å². The molecule has 1 aliphatic heterocycles.